The SMILES string of the molecule is C=C(C)C(=O)OCCCCCCCCCc1cccc2cc3ccccc3cc12. The summed E-state index contributed by atoms with van der Waals surface area (Å²) in [6.45, 7) is 5.79. The number of carbonyl (C=O) groups is 1. The van der Waals surface area contributed by atoms with Gasteiger partial charge in [0.25, 0.3) is 0 Å². The van der Waals surface area contributed by atoms with Gasteiger partial charge in [0.1, 0.15) is 0 Å². The molecular weight excluding hydrogens is 356 g/mol. The Morgan fingerprint density at radius 2 is 1.41 bits per heavy atom. The highest BCUT2D eigenvalue weighted by Gasteiger charge is 2.04. The highest BCUT2D eigenvalue weighted by molar-refractivity contribution is 5.99. The van der Waals surface area contributed by atoms with Gasteiger partial charge < -0.3 is 4.74 Å². The average molecular weight is 389 g/mol. The predicted molar refractivity (Wildman–Crippen MR) is 123 cm³/mol. The molecule has 29 heavy (non-hydrogen) atoms. The van der Waals surface area contributed by atoms with Crippen LogP contribution in [0.15, 0.2) is 66.7 Å². The van der Waals surface area contributed by atoms with Crippen molar-refractivity contribution in [2.75, 3.05) is 6.61 Å². The summed E-state index contributed by atoms with van der Waals surface area (Å²) in [5, 5.41) is 5.37. The number of rotatable bonds is 11. The second-order valence-electron chi connectivity index (χ2n) is 7.98. The van der Waals surface area contributed by atoms with E-state index in [-0.39, 0.29) is 5.97 Å². The molecule has 0 saturated heterocycles. The van der Waals surface area contributed by atoms with Crippen LogP contribution < -0.4 is 0 Å². The second kappa shape index (κ2) is 10.8. The summed E-state index contributed by atoms with van der Waals surface area (Å²) in [6.07, 6.45) is 9.48. The standard InChI is InChI=1S/C27H32O2/c1-21(2)27(28)29-18-11-7-5-3-4-6-8-13-22-16-12-17-25-19-23-14-9-10-15-24(23)20-26(22)25/h9-10,12,14-17,19-20H,1,3-8,11,13,18H2,2H3. The molecule has 0 aromatic heterocycles. The van der Waals surface area contributed by atoms with Gasteiger partial charge in [-0.1, -0.05) is 81.1 Å². The van der Waals surface area contributed by atoms with E-state index in [1.165, 1.54) is 59.2 Å². The Hall–Kier alpha value is -2.61. The maximum atomic E-state index is 11.3. The molecule has 0 aliphatic rings. The quantitative estimate of drug-likeness (QED) is 0.148. The van der Waals surface area contributed by atoms with Crippen molar-refractivity contribution in [3.63, 3.8) is 0 Å². The number of benzene rings is 3. The highest BCUT2D eigenvalue weighted by atomic mass is 16.5. The first-order valence-corrected chi connectivity index (χ1v) is 10.9. The van der Waals surface area contributed by atoms with Crippen molar-refractivity contribution < 1.29 is 9.53 Å². The van der Waals surface area contributed by atoms with E-state index in [4.69, 9.17) is 4.74 Å². The summed E-state index contributed by atoms with van der Waals surface area (Å²) >= 11 is 0. The lowest BCUT2D eigenvalue weighted by atomic mass is 9.96. The molecule has 2 nitrogen and oxygen atoms in total. The average Bonchev–Trinajstić information content (AvgIpc) is 2.73. The molecule has 0 amide bonds. The van der Waals surface area contributed by atoms with E-state index >= 15 is 0 Å². The second-order valence-corrected chi connectivity index (χ2v) is 7.98. The van der Waals surface area contributed by atoms with Crippen molar-refractivity contribution >= 4 is 27.5 Å². The summed E-state index contributed by atoms with van der Waals surface area (Å²) in [5.74, 6) is -0.272. The van der Waals surface area contributed by atoms with Crippen LogP contribution in [0.25, 0.3) is 21.5 Å². The van der Waals surface area contributed by atoms with E-state index in [0.29, 0.717) is 12.2 Å². The van der Waals surface area contributed by atoms with Crippen LogP contribution in [-0.2, 0) is 16.0 Å². The predicted octanol–water partition coefficient (Wildman–Crippen LogP) is 7.39. The van der Waals surface area contributed by atoms with Gasteiger partial charge in [-0.05, 0) is 65.4 Å². The summed E-state index contributed by atoms with van der Waals surface area (Å²) < 4.78 is 5.12. The molecule has 3 aromatic rings. The van der Waals surface area contributed by atoms with E-state index in [1.54, 1.807) is 6.92 Å². The summed E-state index contributed by atoms with van der Waals surface area (Å²) in [7, 11) is 0. The molecule has 0 aliphatic carbocycles. The maximum Gasteiger partial charge on any atom is 0.333 e. The zero-order chi connectivity index (χ0) is 20.5. The number of carbonyl (C=O) groups excluding carboxylic acids is 1. The lowest BCUT2D eigenvalue weighted by Crippen LogP contribution is -2.05. The molecule has 2 heteroatoms. The third-order valence-corrected chi connectivity index (χ3v) is 5.51. The fourth-order valence-corrected chi connectivity index (χ4v) is 3.84. The number of unbranched alkanes of at least 4 members (excludes halogenated alkanes) is 6. The van der Waals surface area contributed by atoms with Gasteiger partial charge in [0.2, 0.25) is 0 Å². The minimum absolute atomic E-state index is 0.272. The molecule has 0 saturated carbocycles. The van der Waals surface area contributed by atoms with Crippen LogP contribution in [0.1, 0.15) is 57.4 Å². The number of fused-ring (bicyclic) bond motifs is 2. The van der Waals surface area contributed by atoms with Gasteiger partial charge >= 0.3 is 5.97 Å². The van der Waals surface area contributed by atoms with E-state index < -0.39 is 0 Å². The minimum Gasteiger partial charge on any atom is -0.462 e. The molecule has 0 N–H and O–H groups in total. The number of hydrogen-bond donors (Lipinski definition) is 0. The number of esters is 1. The van der Waals surface area contributed by atoms with Crippen LogP contribution in [0.2, 0.25) is 0 Å². The van der Waals surface area contributed by atoms with Crippen molar-refractivity contribution in [2.24, 2.45) is 0 Å². The highest BCUT2D eigenvalue weighted by Crippen LogP contribution is 2.26. The molecule has 0 spiro atoms. The van der Waals surface area contributed by atoms with Gasteiger partial charge in [0.15, 0.2) is 0 Å². The lowest BCUT2D eigenvalue weighted by molar-refractivity contribution is -0.139. The molecule has 0 aliphatic heterocycles. The van der Waals surface area contributed by atoms with Crippen molar-refractivity contribution in [1.29, 1.82) is 0 Å². The molecular formula is C27H32O2. The topological polar surface area (TPSA) is 26.3 Å². The van der Waals surface area contributed by atoms with Crippen LogP contribution in [-0.4, -0.2) is 12.6 Å². The zero-order valence-electron chi connectivity index (χ0n) is 17.6. The van der Waals surface area contributed by atoms with Crippen molar-refractivity contribution in [3.05, 3.63) is 72.3 Å². The third kappa shape index (κ3) is 6.19. The number of ether oxygens (including phenoxy) is 1. The summed E-state index contributed by atoms with van der Waals surface area (Å²) in [5.41, 5.74) is 1.94. The molecule has 0 unspecified atom stereocenters. The smallest absolute Gasteiger partial charge is 0.333 e. The van der Waals surface area contributed by atoms with Gasteiger partial charge in [-0.25, -0.2) is 4.79 Å². The van der Waals surface area contributed by atoms with E-state index in [1.807, 2.05) is 0 Å². The van der Waals surface area contributed by atoms with E-state index in [0.717, 1.165) is 19.3 Å². The normalized spacial score (nSPS) is 11.1. The summed E-state index contributed by atoms with van der Waals surface area (Å²) in [6, 6.07) is 19.9. The molecule has 3 aromatic carbocycles. The first-order valence-electron chi connectivity index (χ1n) is 10.9. The molecule has 0 bridgehead atoms. The van der Waals surface area contributed by atoms with Crippen LogP contribution in [0.5, 0.6) is 0 Å². The van der Waals surface area contributed by atoms with Crippen LogP contribution in [0, 0.1) is 0 Å². The van der Waals surface area contributed by atoms with Crippen LogP contribution in [0.3, 0.4) is 0 Å². The molecule has 0 fully saturated rings. The Morgan fingerprint density at radius 3 is 2.14 bits per heavy atom. The van der Waals surface area contributed by atoms with Crippen molar-refractivity contribution in [2.45, 2.75) is 58.3 Å². The van der Waals surface area contributed by atoms with Crippen LogP contribution in [0.4, 0.5) is 0 Å². The largest absolute Gasteiger partial charge is 0.462 e. The molecule has 152 valence electrons. The Balaban J connectivity index is 1.37. The van der Waals surface area contributed by atoms with Gasteiger partial charge in [0.05, 0.1) is 6.61 Å². The molecule has 0 heterocycles. The number of aryl methyl sites for hydroxylation is 1. The minimum atomic E-state index is -0.272. The van der Waals surface area contributed by atoms with E-state index in [2.05, 4.69) is 61.2 Å². The Kier molecular flexibility index (Phi) is 7.86. The first-order chi connectivity index (χ1) is 14.1. The van der Waals surface area contributed by atoms with Crippen LogP contribution >= 0.6 is 0 Å². The first kappa shape index (κ1) is 21.1. The fourth-order valence-electron chi connectivity index (χ4n) is 3.84. The zero-order valence-corrected chi connectivity index (χ0v) is 17.6. The van der Waals surface area contributed by atoms with Crippen molar-refractivity contribution in [3.8, 4) is 0 Å². The van der Waals surface area contributed by atoms with Gasteiger partial charge in [-0.3, -0.25) is 0 Å². The fraction of sp³-hybridized carbons (Fsp3) is 0.370. The Bertz CT molecular complexity index is 971. The summed E-state index contributed by atoms with van der Waals surface area (Å²) in [4.78, 5) is 11.3. The molecule has 0 radical (unpaired) electrons. The molecule has 3 rings (SSSR count). The van der Waals surface area contributed by atoms with Gasteiger partial charge in [0, 0.05) is 5.57 Å². The van der Waals surface area contributed by atoms with Gasteiger partial charge in [-0.2, -0.15) is 0 Å². The Morgan fingerprint density at radius 1 is 0.793 bits per heavy atom. The third-order valence-electron chi connectivity index (χ3n) is 5.51. The Labute approximate surface area is 174 Å². The van der Waals surface area contributed by atoms with E-state index in [9.17, 15) is 4.79 Å². The van der Waals surface area contributed by atoms with Gasteiger partial charge in [-0.15, -0.1) is 0 Å². The molecule has 0 atom stereocenters. The van der Waals surface area contributed by atoms with Crippen molar-refractivity contribution in [1.82, 2.24) is 0 Å². The maximum absolute atomic E-state index is 11.3. The number of hydrogen-bond acceptors (Lipinski definition) is 2. The lowest BCUT2D eigenvalue weighted by Gasteiger charge is -2.09. The monoisotopic (exact) mass is 388 g/mol.